The fourth-order valence-electron chi connectivity index (χ4n) is 4.19. The standard InChI is InChI=1S/C22H28N4O3/c1-15-12-26(13-16(2)29-15)22-23-19-14-25(11-10-18(19)21(28)24-22)20(27)9-8-17-6-4-3-5-7-17/h3-7,15-16H,8-14H2,1-2H3,(H,23,24,28)/t15-,16+. The van der Waals surface area contributed by atoms with E-state index in [0.717, 1.165) is 17.7 Å². The number of hydrogen-bond acceptors (Lipinski definition) is 5. The molecular weight excluding hydrogens is 368 g/mol. The number of amides is 1. The summed E-state index contributed by atoms with van der Waals surface area (Å²) in [5.74, 6) is 0.686. The zero-order valence-electron chi connectivity index (χ0n) is 17.1. The van der Waals surface area contributed by atoms with Crippen LogP contribution in [0.5, 0.6) is 0 Å². The maximum atomic E-state index is 12.7. The molecule has 1 N–H and O–H groups in total. The van der Waals surface area contributed by atoms with Crippen LogP contribution in [0, 0.1) is 0 Å². The molecular formula is C22H28N4O3. The number of anilines is 1. The number of nitrogens with one attached hydrogen (secondary N) is 1. The number of aryl methyl sites for hydroxylation is 1. The van der Waals surface area contributed by atoms with E-state index in [1.807, 2.05) is 49.1 Å². The molecule has 3 heterocycles. The summed E-state index contributed by atoms with van der Waals surface area (Å²) in [7, 11) is 0. The molecule has 1 amide bonds. The number of benzene rings is 1. The lowest BCUT2D eigenvalue weighted by Gasteiger charge is -2.36. The normalized spacial score (nSPS) is 21.7. The van der Waals surface area contributed by atoms with Gasteiger partial charge in [-0.3, -0.25) is 14.6 Å². The van der Waals surface area contributed by atoms with E-state index in [2.05, 4.69) is 9.88 Å². The minimum atomic E-state index is -0.0896. The molecule has 1 saturated heterocycles. The number of rotatable bonds is 4. The van der Waals surface area contributed by atoms with Gasteiger partial charge in [-0.05, 0) is 32.3 Å². The van der Waals surface area contributed by atoms with Crippen LogP contribution in [0.4, 0.5) is 5.95 Å². The molecule has 1 aromatic heterocycles. The Hall–Kier alpha value is -2.67. The molecule has 4 rings (SSSR count). The Labute approximate surface area is 170 Å². The van der Waals surface area contributed by atoms with Crippen LogP contribution in [0.25, 0.3) is 0 Å². The highest BCUT2D eigenvalue weighted by Gasteiger charge is 2.28. The van der Waals surface area contributed by atoms with Gasteiger partial charge < -0.3 is 14.5 Å². The van der Waals surface area contributed by atoms with Crippen molar-refractivity contribution in [3.63, 3.8) is 0 Å². The summed E-state index contributed by atoms with van der Waals surface area (Å²) in [6.07, 6.45) is 1.90. The number of fused-ring (bicyclic) bond motifs is 1. The second-order valence-electron chi connectivity index (χ2n) is 8.03. The van der Waals surface area contributed by atoms with E-state index < -0.39 is 0 Å². The number of nitrogens with zero attached hydrogens (tertiary/aromatic N) is 3. The SMILES string of the molecule is C[C@@H]1CN(c2nc3c(c(=O)[nH]2)CCN(C(=O)CCc2ccccc2)C3)C[C@H](C)O1. The number of aromatic nitrogens is 2. The fraction of sp³-hybridized carbons (Fsp3) is 0.500. The molecule has 1 aromatic carbocycles. The maximum absolute atomic E-state index is 12.7. The van der Waals surface area contributed by atoms with Crippen LogP contribution < -0.4 is 10.5 Å². The summed E-state index contributed by atoms with van der Waals surface area (Å²) in [5, 5.41) is 0. The van der Waals surface area contributed by atoms with Crippen LogP contribution in [0.15, 0.2) is 35.1 Å². The van der Waals surface area contributed by atoms with Crippen LogP contribution in [0.3, 0.4) is 0 Å². The van der Waals surface area contributed by atoms with Crippen LogP contribution in [0.1, 0.15) is 37.1 Å². The molecule has 0 aliphatic carbocycles. The smallest absolute Gasteiger partial charge is 0.255 e. The van der Waals surface area contributed by atoms with E-state index in [9.17, 15) is 9.59 Å². The van der Waals surface area contributed by atoms with E-state index in [1.54, 1.807) is 0 Å². The Bertz CT molecular complexity index is 917. The monoisotopic (exact) mass is 396 g/mol. The molecule has 29 heavy (non-hydrogen) atoms. The molecule has 0 radical (unpaired) electrons. The quantitative estimate of drug-likeness (QED) is 0.854. The van der Waals surface area contributed by atoms with Crippen LogP contribution in [-0.4, -0.2) is 52.6 Å². The Morgan fingerprint density at radius 2 is 1.93 bits per heavy atom. The number of ether oxygens (including phenoxy) is 1. The Kier molecular flexibility index (Phi) is 5.67. The van der Waals surface area contributed by atoms with Crippen molar-refractivity contribution >= 4 is 11.9 Å². The highest BCUT2D eigenvalue weighted by atomic mass is 16.5. The summed E-state index contributed by atoms with van der Waals surface area (Å²) in [4.78, 5) is 36.9. The summed E-state index contributed by atoms with van der Waals surface area (Å²) in [6.45, 7) is 6.38. The molecule has 1 fully saturated rings. The van der Waals surface area contributed by atoms with Gasteiger partial charge in [0.05, 0.1) is 24.4 Å². The summed E-state index contributed by atoms with van der Waals surface area (Å²) in [6, 6.07) is 10.0. The van der Waals surface area contributed by atoms with E-state index >= 15 is 0 Å². The number of carbonyl (C=O) groups excluding carboxylic acids is 1. The van der Waals surface area contributed by atoms with Crippen molar-refractivity contribution in [3.8, 4) is 0 Å². The highest BCUT2D eigenvalue weighted by molar-refractivity contribution is 5.76. The number of morpholine rings is 1. The van der Waals surface area contributed by atoms with Gasteiger partial charge in [0.15, 0.2) is 0 Å². The molecule has 7 heteroatoms. The molecule has 7 nitrogen and oxygen atoms in total. The average molecular weight is 396 g/mol. The van der Waals surface area contributed by atoms with Gasteiger partial charge in [-0.2, -0.15) is 0 Å². The van der Waals surface area contributed by atoms with Crippen molar-refractivity contribution in [2.24, 2.45) is 0 Å². The first-order valence-electron chi connectivity index (χ1n) is 10.3. The molecule has 2 aliphatic heterocycles. The van der Waals surface area contributed by atoms with Crippen LogP contribution in [0.2, 0.25) is 0 Å². The largest absolute Gasteiger partial charge is 0.372 e. The zero-order valence-corrected chi connectivity index (χ0v) is 17.1. The first kappa shape index (κ1) is 19.6. The van der Waals surface area contributed by atoms with Gasteiger partial charge in [0.25, 0.3) is 5.56 Å². The topological polar surface area (TPSA) is 78.5 Å². The van der Waals surface area contributed by atoms with Crippen molar-refractivity contribution in [2.45, 2.75) is 51.9 Å². The molecule has 154 valence electrons. The van der Waals surface area contributed by atoms with Gasteiger partial charge >= 0.3 is 0 Å². The minimum Gasteiger partial charge on any atom is -0.372 e. The Balaban J connectivity index is 1.47. The fourth-order valence-corrected chi connectivity index (χ4v) is 4.19. The third-order valence-corrected chi connectivity index (χ3v) is 5.60. The second-order valence-corrected chi connectivity index (χ2v) is 8.03. The zero-order chi connectivity index (χ0) is 20.4. The number of aromatic amines is 1. The molecule has 0 bridgehead atoms. The van der Waals surface area contributed by atoms with E-state index in [4.69, 9.17) is 9.72 Å². The Morgan fingerprint density at radius 3 is 2.66 bits per heavy atom. The van der Waals surface area contributed by atoms with Gasteiger partial charge in [0.2, 0.25) is 11.9 Å². The average Bonchev–Trinajstić information content (AvgIpc) is 2.71. The number of carbonyl (C=O) groups is 1. The molecule has 0 spiro atoms. The maximum Gasteiger partial charge on any atom is 0.255 e. The number of H-pyrrole nitrogens is 1. The summed E-state index contributed by atoms with van der Waals surface area (Å²) < 4.78 is 5.78. The lowest BCUT2D eigenvalue weighted by molar-refractivity contribution is -0.132. The van der Waals surface area contributed by atoms with Gasteiger partial charge in [-0.25, -0.2) is 4.98 Å². The van der Waals surface area contributed by atoms with Gasteiger partial charge in [0.1, 0.15) is 0 Å². The first-order chi connectivity index (χ1) is 14.0. The van der Waals surface area contributed by atoms with Crippen molar-refractivity contribution in [2.75, 3.05) is 24.5 Å². The summed E-state index contributed by atoms with van der Waals surface area (Å²) >= 11 is 0. The lowest BCUT2D eigenvalue weighted by Crippen LogP contribution is -2.47. The molecule has 2 aromatic rings. The predicted octanol–water partition coefficient (Wildman–Crippen LogP) is 1.90. The number of hydrogen-bond donors (Lipinski definition) is 1. The molecule has 2 aliphatic rings. The van der Waals surface area contributed by atoms with Crippen LogP contribution >= 0.6 is 0 Å². The van der Waals surface area contributed by atoms with Crippen molar-refractivity contribution in [1.82, 2.24) is 14.9 Å². The highest BCUT2D eigenvalue weighted by Crippen LogP contribution is 2.20. The Morgan fingerprint density at radius 1 is 1.21 bits per heavy atom. The minimum absolute atomic E-state index is 0.0798. The molecule has 0 saturated carbocycles. The van der Waals surface area contributed by atoms with Crippen LogP contribution in [-0.2, 0) is 28.9 Å². The van der Waals surface area contributed by atoms with E-state index in [0.29, 0.717) is 50.5 Å². The van der Waals surface area contributed by atoms with E-state index in [1.165, 1.54) is 0 Å². The van der Waals surface area contributed by atoms with Gasteiger partial charge in [0, 0.05) is 31.6 Å². The second kappa shape index (κ2) is 8.37. The van der Waals surface area contributed by atoms with Gasteiger partial charge in [-0.1, -0.05) is 30.3 Å². The lowest BCUT2D eigenvalue weighted by atomic mass is 10.0. The molecule has 0 unspecified atom stereocenters. The van der Waals surface area contributed by atoms with Gasteiger partial charge in [-0.15, -0.1) is 0 Å². The van der Waals surface area contributed by atoms with E-state index in [-0.39, 0.29) is 23.7 Å². The first-order valence-corrected chi connectivity index (χ1v) is 10.3. The third kappa shape index (κ3) is 4.50. The summed E-state index contributed by atoms with van der Waals surface area (Å²) in [5.41, 5.74) is 2.49. The predicted molar refractivity (Wildman–Crippen MR) is 111 cm³/mol. The van der Waals surface area contributed by atoms with Crippen molar-refractivity contribution in [3.05, 3.63) is 57.5 Å². The molecule has 2 atom stereocenters. The van der Waals surface area contributed by atoms with Crippen molar-refractivity contribution < 1.29 is 9.53 Å². The third-order valence-electron chi connectivity index (χ3n) is 5.60. The van der Waals surface area contributed by atoms with Crippen molar-refractivity contribution in [1.29, 1.82) is 0 Å².